The van der Waals surface area contributed by atoms with E-state index in [-0.39, 0.29) is 17.9 Å². The normalized spacial score (nSPS) is 17.2. The topological polar surface area (TPSA) is 73.9 Å². The minimum Gasteiger partial charge on any atom is -0.492 e. The lowest BCUT2D eigenvalue weighted by Crippen LogP contribution is -2.33. The van der Waals surface area contributed by atoms with Gasteiger partial charge in [0.1, 0.15) is 12.4 Å². The van der Waals surface area contributed by atoms with Gasteiger partial charge in [-0.1, -0.05) is 32.9 Å². The van der Waals surface area contributed by atoms with Crippen LogP contribution < -0.4 is 10.1 Å². The number of benzene rings is 1. The number of hydrogen-bond donors (Lipinski definition) is 1. The lowest BCUT2D eigenvalue weighted by atomic mass is 9.87. The van der Waals surface area contributed by atoms with Crippen LogP contribution in [-0.4, -0.2) is 44.3 Å². The van der Waals surface area contributed by atoms with E-state index in [1.165, 1.54) is 5.56 Å². The van der Waals surface area contributed by atoms with Gasteiger partial charge >= 0.3 is 5.97 Å². The molecule has 25 heavy (non-hydrogen) atoms. The van der Waals surface area contributed by atoms with E-state index in [1.54, 1.807) is 0 Å². The minimum absolute atomic E-state index is 0.105. The number of hydrogen-bond acceptors (Lipinski definition) is 5. The Morgan fingerprint density at radius 1 is 1.24 bits per heavy atom. The Morgan fingerprint density at radius 2 is 1.96 bits per heavy atom. The van der Waals surface area contributed by atoms with E-state index >= 15 is 0 Å². The number of carbonyl (C=O) groups is 2. The zero-order valence-corrected chi connectivity index (χ0v) is 15.2. The van der Waals surface area contributed by atoms with Crippen molar-refractivity contribution in [1.82, 2.24) is 5.32 Å². The number of esters is 1. The summed E-state index contributed by atoms with van der Waals surface area (Å²) < 4.78 is 15.7. The predicted molar refractivity (Wildman–Crippen MR) is 93.6 cm³/mol. The highest BCUT2D eigenvalue weighted by Crippen LogP contribution is 2.24. The predicted octanol–water partition coefficient (Wildman–Crippen LogP) is 2.20. The van der Waals surface area contributed by atoms with E-state index in [0.29, 0.717) is 26.2 Å². The van der Waals surface area contributed by atoms with Gasteiger partial charge in [-0.25, -0.2) is 4.79 Å². The molecule has 1 aromatic rings. The van der Waals surface area contributed by atoms with Crippen molar-refractivity contribution in [3.63, 3.8) is 0 Å². The molecule has 2 rings (SSSR count). The monoisotopic (exact) mass is 349 g/mol. The second kappa shape index (κ2) is 8.85. The van der Waals surface area contributed by atoms with Crippen molar-refractivity contribution in [2.24, 2.45) is 0 Å². The molecule has 1 N–H and O–H groups in total. The highest BCUT2D eigenvalue weighted by molar-refractivity contribution is 5.82. The molecular formula is C19H27NO5. The first-order chi connectivity index (χ1) is 11.9. The van der Waals surface area contributed by atoms with Crippen molar-refractivity contribution in [2.75, 3.05) is 26.4 Å². The molecule has 0 aromatic heterocycles. The Balaban J connectivity index is 1.60. The Hall–Kier alpha value is -2.08. The standard InChI is InChI=1S/C19H27NO5/c1-19(2,3)14-6-8-15(9-7-14)23-12-10-20-17(21)13-25-18(22)16-5-4-11-24-16/h6-9,16H,4-5,10-13H2,1-3H3,(H,20,21)/t16-/m0/s1. The van der Waals surface area contributed by atoms with Gasteiger partial charge in [0.25, 0.3) is 5.91 Å². The maximum Gasteiger partial charge on any atom is 0.335 e. The summed E-state index contributed by atoms with van der Waals surface area (Å²) in [5, 5.41) is 2.65. The molecule has 1 atom stereocenters. The summed E-state index contributed by atoms with van der Waals surface area (Å²) in [4.78, 5) is 23.3. The molecule has 0 spiro atoms. The highest BCUT2D eigenvalue weighted by atomic mass is 16.6. The van der Waals surface area contributed by atoms with Crippen LogP contribution in [0.1, 0.15) is 39.2 Å². The lowest BCUT2D eigenvalue weighted by Gasteiger charge is -2.19. The first kappa shape index (κ1) is 19.2. The molecule has 138 valence electrons. The van der Waals surface area contributed by atoms with Crippen molar-refractivity contribution >= 4 is 11.9 Å². The molecule has 0 saturated carbocycles. The molecular weight excluding hydrogens is 322 g/mol. The van der Waals surface area contributed by atoms with Crippen molar-refractivity contribution in [3.05, 3.63) is 29.8 Å². The molecule has 1 aliphatic rings. The fourth-order valence-electron chi connectivity index (χ4n) is 2.45. The third-order valence-electron chi connectivity index (χ3n) is 3.95. The van der Waals surface area contributed by atoms with Gasteiger partial charge in [0.2, 0.25) is 0 Å². The average Bonchev–Trinajstić information content (AvgIpc) is 3.11. The molecule has 1 amide bonds. The Bertz CT molecular complexity index is 570. The van der Waals surface area contributed by atoms with Gasteiger partial charge < -0.3 is 19.5 Å². The molecule has 1 aliphatic heterocycles. The van der Waals surface area contributed by atoms with Crippen LogP contribution in [0.5, 0.6) is 5.75 Å². The van der Waals surface area contributed by atoms with Crippen LogP contribution in [0.4, 0.5) is 0 Å². The first-order valence-electron chi connectivity index (χ1n) is 8.64. The average molecular weight is 349 g/mol. The number of rotatable bonds is 7. The van der Waals surface area contributed by atoms with Gasteiger partial charge in [-0.15, -0.1) is 0 Å². The van der Waals surface area contributed by atoms with Crippen molar-refractivity contribution < 1.29 is 23.8 Å². The third-order valence-corrected chi connectivity index (χ3v) is 3.95. The number of amides is 1. The summed E-state index contributed by atoms with van der Waals surface area (Å²) in [7, 11) is 0. The van der Waals surface area contributed by atoms with Crippen LogP contribution in [0.15, 0.2) is 24.3 Å². The number of carbonyl (C=O) groups excluding carboxylic acids is 2. The van der Waals surface area contributed by atoms with Crippen LogP contribution in [-0.2, 0) is 24.5 Å². The molecule has 6 heteroatoms. The summed E-state index contributed by atoms with van der Waals surface area (Å²) in [5.74, 6) is -0.0621. The van der Waals surface area contributed by atoms with E-state index in [0.717, 1.165) is 12.2 Å². The molecule has 1 heterocycles. The maximum atomic E-state index is 11.6. The third kappa shape index (κ3) is 6.38. The maximum absolute atomic E-state index is 11.6. The SMILES string of the molecule is CC(C)(C)c1ccc(OCCNC(=O)COC(=O)[C@@H]2CCCO2)cc1. The zero-order valence-electron chi connectivity index (χ0n) is 15.2. The molecule has 6 nitrogen and oxygen atoms in total. The number of nitrogens with one attached hydrogen (secondary N) is 1. The van der Waals surface area contributed by atoms with Gasteiger partial charge in [0.15, 0.2) is 12.7 Å². The quantitative estimate of drug-likeness (QED) is 0.603. The molecule has 0 unspecified atom stereocenters. The van der Waals surface area contributed by atoms with Crippen LogP contribution in [0.2, 0.25) is 0 Å². The van der Waals surface area contributed by atoms with Gasteiger partial charge in [0, 0.05) is 6.61 Å². The van der Waals surface area contributed by atoms with Crippen molar-refractivity contribution in [2.45, 2.75) is 45.1 Å². The van der Waals surface area contributed by atoms with E-state index in [1.807, 2.05) is 24.3 Å². The van der Waals surface area contributed by atoms with Crippen LogP contribution in [0.25, 0.3) is 0 Å². The smallest absolute Gasteiger partial charge is 0.335 e. The minimum atomic E-state index is -0.521. The highest BCUT2D eigenvalue weighted by Gasteiger charge is 2.25. The molecule has 0 radical (unpaired) electrons. The van der Waals surface area contributed by atoms with E-state index < -0.39 is 12.1 Å². The van der Waals surface area contributed by atoms with E-state index in [4.69, 9.17) is 14.2 Å². The van der Waals surface area contributed by atoms with E-state index in [2.05, 4.69) is 26.1 Å². The van der Waals surface area contributed by atoms with Gasteiger partial charge in [-0.3, -0.25) is 4.79 Å². The molecule has 1 fully saturated rings. The summed E-state index contributed by atoms with van der Waals surface area (Å²) in [6.45, 7) is 7.44. The lowest BCUT2D eigenvalue weighted by molar-refractivity contribution is -0.157. The fourth-order valence-corrected chi connectivity index (χ4v) is 2.45. The summed E-state index contributed by atoms with van der Waals surface area (Å²) in [6.07, 6.45) is 0.981. The fraction of sp³-hybridized carbons (Fsp3) is 0.579. The first-order valence-corrected chi connectivity index (χ1v) is 8.64. The Morgan fingerprint density at radius 3 is 2.56 bits per heavy atom. The zero-order chi connectivity index (χ0) is 18.3. The summed E-state index contributed by atoms with van der Waals surface area (Å²) in [6, 6.07) is 7.93. The van der Waals surface area contributed by atoms with Gasteiger partial charge in [-0.05, 0) is 36.0 Å². The van der Waals surface area contributed by atoms with Gasteiger partial charge in [0.05, 0.1) is 6.54 Å². The Kier molecular flexibility index (Phi) is 6.82. The largest absolute Gasteiger partial charge is 0.492 e. The van der Waals surface area contributed by atoms with Crippen LogP contribution in [0.3, 0.4) is 0 Å². The van der Waals surface area contributed by atoms with Crippen LogP contribution in [0, 0.1) is 0 Å². The second-order valence-electron chi connectivity index (χ2n) is 7.08. The number of ether oxygens (including phenoxy) is 3. The molecule has 0 bridgehead atoms. The molecule has 1 aromatic carbocycles. The van der Waals surface area contributed by atoms with Crippen molar-refractivity contribution in [1.29, 1.82) is 0 Å². The van der Waals surface area contributed by atoms with E-state index in [9.17, 15) is 9.59 Å². The summed E-state index contributed by atoms with van der Waals surface area (Å²) in [5.41, 5.74) is 1.34. The Labute approximate surface area is 148 Å². The second-order valence-corrected chi connectivity index (χ2v) is 7.08. The van der Waals surface area contributed by atoms with Gasteiger partial charge in [-0.2, -0.15) is 0 Å². The van der Waals surface area contributed by atoms with Crippen LogP contribution >= 0.6 is 0 Å². The molecule has 1 saturated heterocycles. The molecule has 0 aliphatic carbocycles. The summed E-state index contributed by atoms with van der Waals surface area (Å²) >= 11 is 0. The van der Waals surface area contributed by atoms with Crippen molar-refractivity contribution in [3.8, 4) is 5.75 Å².